The number of rotatable bonds is 5. The predicted molar refractivity (Wildman–Crippen MR) is 72.4 cm³/mol. The summed E-state index contributed by atoms with van der Waals surface area (Å²) < 4.78 is 0. The highest BCUT2D eigenvalue weighted by Gasteiger charge is 2.29. The van der Waals surface area contributed by atoms with Crippen molar-refractivity contribution in [3.05, 3.63) is 0 Å². The first kappa shape index (κ1) is 16.4. The number of carbonyl (C=O) groups is 3. The second-order valence-electron chi connectivity index (χ2n) is 5.44. The number of primary amides is 1. The summed E-state index contributed by atoms with van der Waals surface area (Å²) in [5.74, 6) is -1.48. The molecule has 1 heterocycles. The molecule has 4 N–H and O–H groups in total. The molecule has 7 heteroatoms. The van der Waals surface area contributed by atoms with Crippen LogP contribution in [0.2, 0.25) is 0 Å². The normalized spacial score (nSPS) is 20.6. The lowest BCUT2D eigenvalue weighted by Crippen LogP contribution is -2.48. The van der Waals surface area contributed by atoms with Crippen LogP contribution in [0.1, 0.15) is 26.7 Å². The topological polar surface area (TPSA) is 113 Å². The van der Waals surface area contributed by atoms with Gasteiger partial charge in [-0.15, -0.1) is 0 Å². The molecule has 3 amide bonds. The monoisotopic (exact) mass is 285 g/mol. The second-order valence-corrected chi connectivity index (χ2v) is 5.44. The third kappa shape index (κ3) is 4.48. The third-order valence-electron chi connectivity index (χ3n) is 3.40. The molecule has 2 atom stereocenters. The summed E-state index contributed by atoms with van der Waals surface area (Å²) in [7, 11) is 0. The molecule has 20 heavy (non-hydrogen) atoms. The van der Waals surface area contributed by atoms with E-state index in [1.54, 1.807) is 4.90 Å². The molecule has 0 aliphatic carbocycles. The minimum Gasteiger partial charge on any atom is -0.381 e. The van der Waals surface area contributed by atoms with E-state index in [0.717, 1.165) is 6.42 Å². The lowest BCUT2D eigenvalue weighted by molar-refractivity contribution is -0.138. The maximum atomic E-state index is 12.0. The molecule has 114 valence electrons. The van der Waals surface area contributed by atoms with E-state index in [1.807, 2.05) is 13.8 Å². The van der Waals surface area contributed by atoms with E-state index in [9.17, 15) is 19.5 Å². The van der Waals surface area contributed by atoms with Gasteiger partial charge in [0, 0.05) is 19.0 Å². The number of hydrogen-bond donors (Lipinski definition) is 3. The van der Waals surface area contributed by atoms with E-state index in [2.05, 4.69) is 5.32 Å². The number of nitrogens with one attached hydrogen (secondary N) is 1. The lowest BCUT2D eigenvalue weighted by Gasteiger charge is -2.33. The van der Waals surface area contributed by atoms with E-state index in [0.29, 0.717) is 19.5 Å². The lowest BCUT2D eigenvalue weighted by atomic mass is 9.96. The summed E-state index contributed by atoms with van der Waals surface area (Å²) in [6.45, 7) is 4.52. The van der Waals surface area contributed by atoms with Crippen LogP contribution >= 0.6 is 0 Å². The SMILES string of the molecule is CC(C)C(=O)N1CCCC(C(=O)NCC(O)C(N)=O)C1. The molecule has 7 nitrogen and oxygen atoms in total. The summed E-state index contributed by atoms with van der Waals surface area (Å²) >= 11 is 0. The van der Waals surface area contributed by atoms with Gasteiger partial charge in [0.2, 0.25) is 17.7 Å². The van der Waals surface area contributed by atoms with Gasteiger partial charge in [0.05, 0.1) is 12.5 Å². The number of likely N-dealkylation sites (tertiary alicyclic amines) is 1. The van der Waals surface area contributed by atoms with Crippen LogP contribution in [0, 0.1) is 11.8 Å². The Morgan fingerprint density at radius 2 is 2.05 bits per heavy atom. The molecule has 0 spiro atoms. The Balaban J connectivity index is 2.48. The number of carbonyl (C=O) groups excluding carboxylic acids is 3. The van der Waals surface area contributed by atoms with Crippen LogP contribution in [0.3, 0.4) is 0 Å². The number of piperidine rings is 1. The summed E-state index contributed by atoms with van der Waals surface area (Å²) in [6, 6.07) is 0. The number of nitrogens with two attached hydrogens (primary N) is 1. The van der Waals surface area contributed by atoms with Gasteiger partial charge in [-0.1, -0.05) is 13.8 Å². The van der Waals surface area contributed by atoms with Gasteiger partial charge in [0.1, 0.15) is 6.10 Å². The van der Waals surface area contributed by atoms with Gasteiger partial charge in [-0.3, -0.25) is 14.4 Å². The fraction of sp³-hybridized carbons (Fsp3) is 0.769. The standard InChI is InChI=1S/C13H23N3O4/c1-8(2)13(20)16-5-3-4-9(7-16)12(19)15-6-10(17)11(14)18/h8-10,17H,3-7H2,1-2H3,(H2,14,18)(H,15,19). The van der Waals surface area contributed by atoms with Crippen molar-refractivity contribution in [3.8, 4) is 0 Å². The molecule has 1 aliphatic rings. The number of hydrogen-bond acceptors (Lipinski definition) is 4. The molecular formula is C13H23N3O4. The van der Waals surface area contributed by atoms with Crippen molar-refractivity contribution in [1.29, 1.82) is 0 Å². The molecule has 1 rings (SSSR count). The van der Waals surface area contributed by atoms with Gasteiger partial charge in [-0.2, -0.15) is 0 Å². The van der Waals surface area contributed by atoms with Crippen LogP contribution in [0.15, 0.2) is 0 Å². The molecule has 0 aromatic heterocycles. The summed E-state index contributed by atoms with van der Waals surface area (Å²) in [5, 5.41) is 11.7. The highest BCUT2D eigenvalue weighted by molar-refractivity contribution is 5.83. The number of nitrogens with zero attached hydrogens (tertiary/aromatic N) is 1. The van der Waals surface area contributed by atoms with E-state index in [4.69, 9.17) is 5.73 Å². The van der Waals surface area contributed by atoms with Crippen LogP contribution in [-0.4, -0.2) is 53.5 Å². The Hall–Kier alpha value is -1.63. The van der Waals surface area contributed by atoms with Gasteiger partial charge >= 0.3 is 0 Å². The highest BCUT2D eigenvalue weighted by Crippen LogP contribution is 2.18. The second kappa shape index (κ2) is 7.23. The van der Waals surface area contributed by atoms with Crippen molar-refractivity contribution in [2.45, 2.75) is 32.8 Å². The van der Waals surface area contributed by atoms with Crippen molar-refractivity contribution >= 4 is 17.7 Å². The summed E-state index contributed by atoms with van der Waals surface area (Å²) in [4.78, 5) is 36.2. The molecule has 1 fully saturated rings. The van der Waals surface area contributed by atoms with Crippen LogP contribution in [0.5, 0.6) is 0 Å². The summed E-state index contributed by atoms with van der Waals surface area (Å²) in [6.07, 6.45) is 0.0888. The van der Waals surface area contributed by atoms with Crippen molar-refractivity contribution in [1.82, 2.24) is 10.2 Å². The number of amides is 3. The fourth-order valence-corrected chi connectivity index (χ4v) is 2.20. The predicted octanol–water partition coefficient (Wildman–Crippen LogP) is -1.16. The smallest absolute Gasteiger partial charge is 0.248 e. The van der Waals surface area contributed by atoms with Gasteiger partial charge in [0.25, 0.3) is 0 Å². The van der Waals surface area contributed by atoms with E-state index in [-0.39, 0.29) is 30.2 Å². The Morgan fingerprint density at radius 1 is 1.40 bits per heavy atom. The summed E-state index contributed by atoms with van der Waals surface area (Å²) in [5.41, 5.74) is 4.90. The van der Waals surface area contributed by atoms with Crippen molar-refractivity contribution in [3.63, 3.8) is 0 Å². The number of aliphatic hydroxyl groups excluding tert-OH is 1. The van der Waals surface area contributed by atoms with Crippen molar-refractivity contribution < 1.29 is 19.5 Å². The molecule has 0 radical (unpaired) electrons. The molecule has 0 aromatic rings. The number of aliphatic hydroxyl groups is 1. The minimum absolute atomic E-state index is 0.0414. The van der Waals surface area contributed by atoms with Crippen LogP contribution < -0.4 is 11.1 Å². The molecule has 2 unspecified atom stereocenters. The molecule has 1 saturated heterocycles. The molecule has 0 bridgehead atoms. The average molecular weight is 285 g/mol. The zero-order valence-electron chi connectivity index (χ0n) is 12.0. The van der Waals surface area contributed by atoms with Crippen LogP contribution in [0.4, 0.5) is 0 Å². The fourth-order valence-electron chi connectivity index (χ4n) is 2.20. The average Bonchev–Trinajstić information content (AvgIpc) is 2.43. The zero-order chi connectivity index (χ0) is 15.3. The van der Waals surface area contributed by atoms with Crippen molar-refractivity contribution in [2.75, 3.05) is 19.6 Å². The molecular weight excluding hydrogens is 262 g/mol. The first-order valence-corrected chi connectivity index (χ1v) is 6.86. The van der Waals surface area contributed by atoms with E-state index < -0.39 is 12.0 Å². The van der Waals surface area contributed by atoms with Gasteiger partial charge in [0.15, 0.2) is 0 Å². The minimum atomic E-state index is -1.38. The van der Waals surface area contributed by atoms with E-state index >= 15 is 0 Å². The van der Waals surface area contributed by atoms with Gasteiger partial charge in [-0.25, -0.2) is 0 Å². The Kier molecular flexibility index (Phi) is 5.94. The molecule has 0 aromatic carbocycles. The highest BCUT2D eigenvalue weighted by atomic mass is 16.3. The Bertz CT molecular complexity index is 384. The maximum Gasteiger partial charge on any atom is 0.248 e. The first-order chi connectivity index (χ1) is 9.32. The third-order valence-corrected chi connectivity index (χ3v) is 3.40. The molecule has 0 saturated carbocycles. The largest absolute Gasteiger partial charge is 0.381 e. The van der Waals surface area contributed by atoms with Gasteiger partial charge < -0.3 is 21.1 Å². The Labute approximate surface area is 118 Å². The van der Waals surface area contributed by atoms with Crippen LogP contribution in [-0.2, 0) is 14.4 Å². The van der Waals surface area contributed by atoms with E-state index in [1.165, 1.54) is 0 Å². The first-order valence-electron chi connectivity index (χ1n) is 6.86. The quantitative estimate of drug-likeness (QED) is 0.591. The van der Waals surface area contributed by atoms with Gasteiger partial charge in [-0.05, 0) is 12.8 Å². The Morgan fingerprint density at radius 3 is 2.60 bits per heavy atom. The molecule has 1 aliphatic heterocycles. The maximum absolute atomic E-state index is 12.0. The van der Waals surface area contributed by atoms with Crippen LogP contribution in [0.25, 0.3) is 0 Å². The zero-order valence-corrected chi connectivity index (χ0v) is 12.0. The van der Waals surface area contributed by atoms with Crippen molar-refractivity contribution in [2.24, 2.45) is 17.6 Å².